The highest BCUT2D eigenvalue weighted by molar-refractivity contribution is 6.30. The Morgan fingerprint density at radius 2 is 1.73 bits per heavy atom. The molecule has 0 unspecified atom stereocenters. The number of nitriles is 1. The molecule has 1 heterocycles. The van der Waals surface area contributed by atoms with Crippen molar-refractivity contribution >= 4 is 23.2 Å². The predicted molar refractivity (Wildman–Crippen MR) is 146 cm³/mol. The Labute approximate surface area is 221 Å². The number of ketones is 1. The van der Waals surface area contributed by atoms with Crippen molar-refractivity contribution in [2.24, 2.45) is 0 Å². The van der Waals surface area contributed by atoms with Crippen LogP contribution in [0.15, 0.2) is 78.9 Å². The molecule has 0 aliphatic heterocycles. The van der Waals surface area contributed by atoms with Gasteiger partial charge in [0.2, 0.25) is 5.78 Å². The number of aromatic nitrogens is 2. The molecule has 37 heavy (non-hydrogen) atoms. The van der Waals surface area contributed by atoms with Crippen LogP contribution in [-0.4, -0.2) is 28.7 Å². The molecule has 0 atom stereocenters. The highest BCUT2D eigenvalue weighted by Gasteiger charge is 2.43. The molecule has 1 aliphatic rings. The molecule has 186 valence electrons. The first-order valence-electron chi connectivity index (χ1n) is 12.5. The molecule has 0 bridgehead atoms. The van der Waals surface area contributed by atoms with Gasteiger partial charge in [0.05, 0.1) is 5.69 Å². The minimum absolute atomic E-state index is 0.0811. The maximum atomic E-state index is 13.3. The fourth-order valence-corrected chi connectivity index (χ4v) is 4.66. The lowest BCUT2D eigenvalue weighted by Crippen LogP contribution is -2.30. The first kappa shape index (κ1) is 24.8. The summed E-state index contributed by atoms with van der Waals surface area (Å²) < 4.78 is 1.62. The number of aryl methyl sites for hydroxylation is 1. The number of carbonyl (C=O) groups is 1. The van der Waals surface area contributed by atoms with Gasteiger partial charge < -0.3 is 10.6 Å². The molecular formula is C30H28ClN5O. The van der Waals surface area contributed by atoms with Gasteiger partial charge in [-0.1, -0.05) is 71.8 Å². The summed E-state index contributed by atoms with van der Waals surface area (Å²) in [6, 6.07) is 27.2. The molecule has 0 amide bonds. The summed E-state index contributed by atoms with van der Waals surface area (Å²) in [5, 5.41) is 22.3. The molecule has 4 aromatic rings. The van der Waals surface area contributed by atoms with Crippen molar-refractivity contribution < 1.29 is 4.79 Å². The Bertz CT molecular complexity index is 1430. The molecule has 7 heteroatoms. The van der Waals surface area contributed by atoms with E-state index in [1.54, 1.807) is 28.9 Å². The van der Waals surface area contributed by atoms with E-state index in [4.69, 9.17) is 11.6 Å². The lowest BCUT2D eigenvalue weighted by molar-refractivity contribution is 0.103. The summed E-state index contributed by atoms with van der Waals surface area (Å²) in [6.45, 7) is 3.41. The van der Waals surface area contributed by atoms with Gasteiger partial charge in [0.25, 0.3) is 0 Å². The monoisotopic (exact) mass is 509 g/mol. The third-order valence-electron chi connectivity index (χ3n) is 6.78. The van der Waals surface area contributed by atoms with Crippen molar-refractivity contribution in [3.05, 3.63) is 112 Å². The molecule has 0 radical (unpaired) electrons. The highest BCUT2D eigenvalue weighted by atomic mass is 35.5. The van der Waals surface area contributed by atoms with Crippen molar-refractivity contribution in [3.8, 4) is 11.8 Å². The molecule has 0 spiro atoms. The lowest BCUT2D eigenvalue weighted by Gasteiger charge is -2.18. The highest BCUT2D eigenvalue weighted by Crippen LogP contribution is 2.45. The average molecular weight is 510 g/mol. The van der Waals surface area contributed by atoms with Crippen molar-refractivity contribution in [1.29, 1.82) is 5.26 Å². The first-order chi connectivity index (χ1) is 18.0. The lowest BCUT2D eigenvalue weighted by atomic mass is 10.0. The van der Waals surface area contributed by atoms with Gasteiger partial charge in [-0.05, 0) is 62.6 Å². The number of hydrogen-bond acceptors (Lipinski definition) is 5. The number of halogens is 1. The van der Waals surface area contributed by atoms with Crippen molar-refractivity contribution in [1.82, 2.24) is 15.1 Å². The largest absolute Gasteiger partial charge is 0.369 e. The van der Waals surface area contributed by atoms with E-state index in [1.807, 2.05) is 37.3 Å². The van der Waals surface area contributed by atoms with Crippen molar-refractivity contribution in [3.63, 3.8) is 0 Å². The topological polar surface area (TPSA) is 82.7 Å². The van der Waals surface area contributed by atoms with Crippen LogP contribution in [0.25, 0.3) is 5.69 Å². The maximum Gasteiger partial charge on any atom is 0.214 e. The van der Waals surface area contributed by atoms with Gasteiger partial charge in [-0.3, -0.25) is 4.79 Å². The number of hydrogen-bond donors (Lipinski definition) is 2. The molecule has 6 nitrogen and oxygen atoms in total. The van der Waals surface area contributed by atoms with Crippen LogP contribution >= 0.6 is 11.6 Å². The van der Waals surface area contributed by atoms with E-state index in [2.05, 4.69) is 46.1 Å². The number of carbonyl (C=O) groups excluding carboxylic acids is 1. The van der Waals surface area contributed by atoms with Gasteiger partial charge in [0.1, 0.15) is 17.5 Å². The van der Waals surface area contributed by atoms with E-state index >= 15 is 0 Å². The van der Waals surface area contributed by atoms with E-state index in [0.29, 0.717) is 28.6 Å². The van der Waals surface area contributed by atoms with Gasteiger partial charge >= 0.3 is 0 Å². The second kappa shape index (κ2) is 10.6. The van der Waals surface area contributed by atoms with E-state index in [1.165, 1.54) is 5.56 Å². The van der Waals surface area contributed by atoms with Crippen LogP contribution in [0.5, 0.6) is 0 Å². The number of rotatable bonds is 10. The quantitative estimate of drug-likeness (QED) is 0.202. The minimum Gasteiger partial charge on any atom is -0.369 e. The van der Waals surface area contributed by atoms with E-state index < -0.39 is 0 Å². The SMILES string of the molecule is Cc1ccc(C(=O)c2nn(-c3ccc(Cl)cc3)c(NCCCNC3(c4ccccc4)CC3)c2C#N)cc1. The summed E-state index contributed by atoms with van der Waals surface area (Å²) in [7, 11) is 0. The van der Waals surface area contributed by atoms with Gasteiger partial charge in [-0.2, -0.15) is 10.4 Å². The van der Waals surface area contributed by atoms with Gasteiger partial charge in [0, 0.05) is 22.7 Å². The van der Waals surface area contributed by atoms with Crippen LogP contribution in [0, 0.1) is 18.3 Å². The molecule has 0 saturated heterocycles. The molecule has 1 aromatic heterocycles. The molecule has 1 saturated carbocycles. The van der Waals surface area contributed by atoms with E-state index in [9.17, 15) is 10.1 Å². The zero-order chi connectivity index (χ0) is 25.8. The van der Waals surface area contributed by atoms with Gasteiger partial charge in [0.15, 0.2) is 5.69 Å². The fraction of sp³-hybridized carbons (Fsp3) is 0.233. The standard InChI is InChI=1S/C30H28ClN5O/c1-21-8-10-22(11-9-21)28(37)27-26(20-32)29(36(35-27)25-14-12-24(31)13-15-25)33-18-5-19-34-30(16-17-30)23-6-3-2-4-7-23/h2-4,6-15,33-34H,5,16-19H2,1H3. The molecular weight excluding hydrogens is 482 g/mol. The molecule has 3 aromatic carbocycles. The molecule has 2 N–H and O–H groups in total. The van der Waals surface area contributed by atoms with Gasteiger partial charge in [-0.15, -0.1) is 0 Å². The zero-order valence-corrected chi connectivity index (χ0v) is 21.4. The Hall–Kier alpha value is -3.92. The van der Waals surface area contributed by atoms with E-state index in [-0.39, 0.29) is 22.6 Å². The number of anilines is 1. The van der Waals surface area contributed by atoms with Crippen molar-refractivity contribution in [2.45, 2.75) is 31.7 Å². The molecule has 5 rings (SSSR count). The summed E-state index contributed by atoms with van der Waals surface area (Å²) in [6.07, 6.45) is 3.11. The fourth-order valence-electron chi connectivity index (χ4n) is 4.53. The number of nitrogens with one attached hydrogen (secondary N) is 2. The molecule has 1 fully saturated rings. The number of benzene rings is 3. The summed E-state index contributed by atoms with van der Waals surface area (Å²) in [4.78, 5) is 13.3. The third-order valence-corrected chi connectivity index (χ3v) is 7.03. The number of nitrogens with zero attached hydrogens (tertiary/aromatic N) is 3. The van der Waals surface area contributed by atoms with Crippen LogP contribution < -0.4 is 10.6 Å². The van der Waals surface area contributed by atoms with Crippen LogP contribution in [0.3, 0.4) is 0 Å². The minimum atomic E-state index is -0.285. The smallest absolute Gasteiger partial charge is 0.214 e. The van der Waals surface area contributed by atoms with Crippen LogP contribution in [-0.2, 0) is 5.54 Å². The van der Waals surface area contributed by atoms with Crippen LogP contribution in [0.2, 0.25) is 5.02 Å². The van der Waals surface area contributed by atoms with E-state index in [0.717, 1.165) is 31.4 Å². The van der Waals surface area contributed by atoms with Gasteiger partial charge in [-0.25, -0.2) is 4.68 Å². The normalized spacial score (nSPS) is 13.6. The third kappa shape index (κ3) is 5.29. The van der Waals surface area contributed by atoms with Crippen molar-refractivity contribution in [2.75, 3.05) is 18.4 Å². The second-order valence-corrected chi connectivity index (χ2v) is 9.86. The summed E-state index contributed by atoms with van der Waals surface area (Å²) >= 11 is 6.09. The Balaban J connectivity index is 1.35. The second-order valence-electron chi connectivity index (χ2n) is 9.42. The zero-order valence-electron chi connectivity index (χ0n) is 20.7. The summed E-state index contributed by atoms with van der Waals surface area (Å²) in [5.74, 6) is 0.219. The predicted octanol–water partition coefficient (Wildman–Crippen LogP) is 6.02. The summed E-state index contributed by atoms with van der Waals surface area (Å²) in [5.41, 5.74) is 4.03. The van der Waals surface area contributed by atoms with Crippen LogP contribution in [0.1, 0.15) is 52.0 Å². The Morgan fingerprint density at radius 1 is 1.03 bits per heavy atom. The molecule has 1 aliphatic carbocycles. The average Bonchev–Trinajstić information content (AvgIpc) is 3.63. The maximum absolute atomic E-state index is 13.3. The Morgan fingerprint density at radius 3 is 2.38 bits per heavy atom. The first-order valence-corrected chi connectivity index (χ1v) is 12.8. The van der Waals surface area contributed by atoms with Crippen LogP contribution in [0.4, 0.5) is 5.82 Å². The Kier molecular flexibility index (Phi) is 7.09.